The molecular formula is C39H45F6N5O3. The van der Waals surface area contributed by atoms with Gasteiger partial charge in [-0.1, -0.05) is 26.0 Å². The summed E-state index contributed by atoms with van der Waals surface area (Å²) in [6.45, 7) is 6.95. The minimum absolute atomic E-state index is 0.00608. The molecule has 4 aliphatic rings. The number of aliphatic hydroxyl groups is 1. The van der Waals surface area contributed by atoms with Crippen molar-refractivity contribution >= 4 is 11.9 Å². The molecule has 7 rings (SSSR count). The number of anilines is 1. The summed E-state index contributed by atoms with van der Waals surface area (Å²) in [5.74, 6) is -3.31. The molecule has 3 aromatic rings. The Balaban J connectivity index is 1.24. The summed E-state index contributed by atoms with van der Waals surface area (Å²) >= 11 is 0. The van der Waals surface area contributed by atoms with Gasteiger partial charge in [-0.3, -0.25) is 9.78 Å². The lowest BCUT2D eigenvalue weighted by Crippen LogP contribution is -2.41. The standard InChI is InChI=1S/C39H45F6N5O3/c1-37(2)19-28-31(29(51)20-37)30(23-7-11-38(41,42)12-8-23)32(33(40)24-3-5-27(6-4-24)39(43,44)45)34(48-28)25-9-13-50(14-10-25)36-46-21-26(22-47-36)35(52)49-15-17-53-18-16-49/h3-6,21-23,25,29,33,51H,7-20H2,1-2H3/t29-,33-/m0/s1. The maximum Gasteiger partial charge on any atom is 0.416 e. The van der Waals surface area contributed by atoms with Crippen LogP contribution < -0.4 is 4.90 Å². The third kappa shape index (κ3) is 7.90. The van der Waals surface area contributed by atoms with Crippen LogP contribution in [0.1, 0.15) is 132 Å². The quantitative estimate of drug-likeness (QED) is 0.255. The lowest BCUT2D eigenvalue weighted by Gasteiger charge is -2.41. The molecule has 53 heavy (non-hydrogen) atoms. The Hall–Kier alpha value is -3.78. The van der Waals surface area contributed by atoms with E-state index in [9.17, 15) is 31.9 Å². The van der Waals surface area contributed by atoms with E-state index in [1.54, 1.807) is 4.90 Å². The monoisotopic (exact) mass is 745 g/mol. The van der Waals surface area contributed by atoms with Crippen molar-refractivity contribution in [2.75, 3.05) is 44.3 Å². The number of morpholine rings is 1. The number of ether oxygens (including phenoxy) is 1. The van der Waals surface area contributed by atoms with Gasteiger partial charge in [0.05, 0.1) is 36.1 Å². The number of halogens is 6. The molecule has 1 amide bonds. The zero-order valence-electron chi connectivity index (χ0n) is 29.9. The Bertz CT molecular complexity index is 1780. The predicted octanol–water partition coefficient (Wildman–Crippen LogP) is 8.10. The van der Waals surface area contributed by atoms with Gasteiger partial charge in [-0.05, 0) is 73.1 Å². The van der Waals surface area contributed by atoms with Crippen LogP contribution in [0, 0.1) is 5.41 Å². The number of benzene rings is 1. The number of hydrogen-bond donors (Lipinski definition) is 1. The van der Waals surface area contributed by atoms with Crippen LogP contribution in [0.5, 0.6) is 0 Å². The van der Waals surface area contributed by atoms with Crippen molar-refractivity contribution in [2.24, 2.45) is 5.41 Å². The van der Waals surface area contributed by atoms with E-state index in [0.29, 0.717) is 99.1 Å². The van der Waals surface area contributed by atoms with Crippen LogP contribution in [0.2, 0.25) is 0 Å². The lowest BCUT2D eigenvalue weighted by molar-refractivity contribution is -0.137. The maximum absolute atomic E-state index is 17.3. The highest BCUT2D eigenvalue weighted by Crippen LogP contribution is 2.52. The zero-order chi connectivity index (χ0) is 37.7. The summed E-state index contributed by atoms with van der Waals surface area (Å²) in [6.07, 6.45) is -3.13. The lowest BCUT2D eigenvalue weighted by atomic mass is 9.68. The fourth-order valence-corrected chi connectivity index (χ4v) is 8.61. The number of carbonyl (C=O) groups is 1. The molecule has 0 radical (unpaired) electrons. The third-order valence-electron chi connectivity index (χ3n) is 11.4. The van der Waals surface area contributed by atoms with Gasteiger partial charge >= 0.3 is 6.18 Å². The topological polar surface area (TPSA) is 91.7 Å². The van der Waals surface area contributed by atoms with Crippen LogP contribution in [-0.2, 0) is 17.3 Å². The van der Waals surface area contributed by atoms with Crippen LogP contribution >= 0.6 is 0 Å². The first-order valence-corrected chi connectivity index (χ1v) is 18.5. The number of hydrogen-bond acceptors (Lipinski definition) is 7. The second-order valence-corrected chi connectivity index (χ2v) is 15.8. The SMILES string of the molecule is CC1(C)Cc2nc(C3CCN(c4ncc(C(=O)N5CCOCC5)cn4)CC3)c([C@@H](F)c3ccc(C(F)(F)F)cc3)c(C3CCC(F)(F)CC3)c2[C@@H](O)C1. The molecule has 2 aliphatic heterocycles. The number of aromatic nitrogens is 3. The van der Waals surface area contributed by atoms with Crippen molar-refractivity contribution in [3.8, 4) is 0 Å². The van der Waals surface area contributed by atoms with Crippen molar-refractivity contribution in [2.45, 2.75) is 101 Å². The largest absolute Gasteiger partial charge is 0.416 e. The number of fused-ring (bicyclic) bond motifs is 1. The van der Waals surface area contributed by atoms with Gasteiger partial charge in [0, 0.05) is 74.2 Å². The second-order valence-electron chi connectivity index (χ2n) is 15.8. The fraction of sp³-hybridized carbons (Fsp3) is 0.590. The molecule has 2 saturated heterocycles. The molecule has 14 heteroatoms. The highest BCUT2D eigenvalue weighted by atomic mass is 19.4. The van der Waals surface area contributed by atoms with Crippen LogP contribution in [0.25, 0.3) is 0 Å². The molecule has 0 unspecified atom stereocenters. The Morgan fingerprint density at radius 2 is 1.55 bits per heavy atom. The summed E-state index contributed by atoms with van der Waals surface area (Å²) in [5, 5.41) is 11.6. The first-order chi connectivity index (χ1) is 25.1. The molecule has 1 aromatic carbocycles. The number of piperidine rings is 1. The average molecular weight is 746 g/mol. The number of alkyl halides is 6. The number of rotatable bonds is 6. The highest BCUT2D eigenvalue weighted by Gasteiger charge is 2.44. The molecule has 286 valence electrons. The predicted molar refractivity (Wildman–Crippen MR) is 185 cm³/mol. The molecular weight excluding hydrogens is 700 g/mol. The van der Waals surface area contributed by atoms with Crippen molar-refractivity contribution in [1.82, 2.24) is 19.9 Å². The van der Waals surface area contributed by atoms with E-state index >= 15 is 4.39 Å². The molecule has 3 fully saturated rings. The van der Waals surface area contributed by atoms with Gasteiger partial charge in [-0.15, -0.1) is 0 Å². The van der Waals surface area contributed by atoms with E-state index in [-0.39, 0.29) is 54.1 Å². The Kier molecular flexibility index (Phi) is 10.2. The molecule has 0 bridgehead atoms. The van der Waals surface area contributed by atoms with E-state index in [1.165, 1.54) is 12.4 Å². The van der Waals surface area contributed by atoms with Gasteiger partial charge in [0.25, 0.3) is 5.91 Å². The number of nitrogens with zero attached hydrogens (tertiary/aromatic N) is 5. The third-order valence-corrected chi connectivity index (χ3v) is 11.4. The Morgan fingerprint density at radius 3 is 2.15 bits per heavy atom. The minimum atomic E-state index is -4.60. The second kappa shape index (κ2) is 14.5. The fourth-order valence-electron chi connectivity index (χ4n) is 8.61. The Morgan fingerprint density at radius 1 is 0.925 bits per heavy atom. The zero-order valence-corrected chi connectivity index (χ0v) is 29.9. The van der Waals surface area contributed by atoms with E-state index in [0.717, 1.165) is 24.3 Å². The molecule has 4 heterocycles. The van der Waals surface area contributed by atoms with E-state index in [2.05, 4.69) is 9.97 Å². The molecule has 2 atom stereocenters. The van der Waals surface area contributed by atoms with Crippen molar-refractivity contribution in [1.29, 1.82) is 0 Å². The summed E-state index contributed by atoms with van der Waals surface area (Å²) < 4.78 is 92.0. The number of aliphatic hydroxyl groups excluding tert-OH is 1. The van der Waals surface area contributed by atoms with Gasteiger partial charge in [0.15, 0.2) is 6.17 Å². The van der Waals surface area contributed by atoms with Gasteiger partial charge in [0.1, 0.15) is 0 Å². The van der Waals surface area contributed by atoms with Crippen LogP contribution in [0.15, 0.2) is 36.7 Å². The van der Waals surface area contributed by atoms with Crippen LogP contribution in [0.4, 0.5) is 32.3 Å². The number of pyridine rings is 1. The van der Waals surface area contributed by atoms with Gasteiger partial charge in [-0.25, -0.2) is 23.1 Å². The first-order valence-electron chi connectivity index (χ1n) is 18.5. The van der Waals surface area contributed by atoms with Gasteiger partial charge in [0.2, 0.25) is 11.9 Å². The normalized spacial score (nSPS) is 23.1. The smallest absolute Gasteiger partial charge is 0.388 e. The maximum atomic E-state index is 17.3. The van der Waals surface area contributed by atoms with Crippen LogP contribution in [-0.4, -0.2) is 76.2 Å². The average Bonchev–Trinajstić information content (AvgIpc) is 3.13. The van der Waals surface area contributed by atoms with Crippen LogP contribution in [0.3, 0.4) is 0 Å². The van der Waals surface area contributed by atoms with Gasteiger partial charge < -0.3 is 19.6 Å². The summed E-state index contributed by atoms with van der Waals surface area (Å²) in [6, 6.07) is 3.96. The number of carbonyl (C=O) groups excluding carboxylic acids is 1. The van der Waals surface area contributed by atoms with E-state index < -0.39 is 35.9 Å². The summed E-state index contributed by atoms with van der Waals surface area (Å²) in [7, 11) is 0. The molecule has 8 nitrogen and oxygen atoms in total. The van der Waals surface area contributed by atoms with E-state index in [1.807, 2.05) is 18.7 Å². The molecule has 2 aromatic heterocycles. The first kappa shape index (κ1) is 37.5. The van der Waals surface area contributed by atoms with Crippen molar-refractivity contribution in [3.05, 3.63) is 81.4 Å². The summed E-state index contributed by atoms with van der Waals surface area (Å²) in [5.41, 5.74) is 1.44. The molecule has 0 spiro atoms. The summed E-state index contributed by atoms with van der Waals surface area (Å²) in [4.78, 5) is 30.7. The molecule has 1 saturated carbocycles. The Labute approximate surface area is 305 Å². The van der Waals surface area contributed by atoms with Crippen molar-refractivity contribution in [3.63, 3.8) is 0 Å². The minimum Gasteiger partial charge on any atom is -0.388 e. The van der Waals surface area contributed by atoms with Gasteiger partial charge in [-0.2, -0.15) is 13.2 Å². The van der Waals surface area contributed by atoms with Crippen molar-refractivity contribution < 1.29 is 41.0 Å². The van der Waals surface area contributed by atoms with E-state index in [4.69, 9.17) is 9.72 Å². The highest BCUT2D eigenvalue weighted by molar-refractivity contribution is 5.93. The number of amides is 1. The molecule has 1 N–H and O–H groups in total. The molecule has 2 aliphatic carbocycles.